The highest BCUT2D eigenvalue weighted by molar-refractivity contribution is 5.98. The Labute approximate surface area is 215 Å². The maximum atomic E-state index is 13.3. The smallest absolute Gasteiger partial charge is 0.335 e. The number of carbonyl (C=O) groups is 2. The van der Waals surface area contributed by atoms with Crippen LogP contribution in [0.4, 0.5) is 0 Å². The summed E-state index contributed by atoms with van der Waals surface area (Å²) in [6.07, 6.45) is 3.37. The monoisotopic (exact) mass is 520 g/mol. The van der Waals surface area contributed by atoms with Crippen LogP contribution in [0.5, 0.6) is 0 Å². The second kappa shape index (κ2) is 8.06. The van der Waals surface area contributed by atoms with E-state index in [0.29, 0.717) is 19.3 Å². The molecule has 10 nitrogen and oxygen atoms in total. The first-order chi connectivity index (χ1) is 17.7. The van der Waals surface area contributed by atoms with Gasteiger partial charge in [-0.2, -0.15) is 0 Å². The summed E-state index contributed by atoms with van der Waals surface area (Å²) < 4.78 is 41.0. The molecule has 0 aromatic rings. The minimum Gasteiger partial charge on any atom is -0.467 e. The summed E-state index contributed by atoms with van der Waals surface area (Å²) in [6, 6.07) is 0. The van der Waals surface area contributed by atoms with Gasteiger partial charge in [-0.05, 0) is 54.9 Å². The Morgan fingerprint density at radius 3 is 2.57 bits per heavy atom. The minimum absolute atomic E-state index is 0.00199. The summed E-state index contributed by atoms with van der Waals surface area (Å²) in [4.78, 5) is 26.4. The number of fused-ring (bicyclic) bond motifs is 5. The molecule has 10 atom stereocenters. The SMILES string of the molecule is COC(=O)C1OCOC2(COCO2)[C@H]2CCC3C4C[C@@H]1C1=CC(=O)C5(C[C@]1(C)[C@H]4[C@@H](O)C[C@@]32C)OCO5. The predicted molar refractivity (Wildman–Crippen MR) is 123 cm³/mol. The van der Waals surface area contributed by atoms with Gasteiger partial charge < -0.3 is 38.3 Å². The number of aliphatic hydroxyl groups excluding tert-OH is 1. The lowest BCUT2D eigenvalue weighted by molar-refractivity contribution is -0.385. The van der Waals surface area contributed by atoms with Crippen molar-refractivity contribution in [2.24, 2.45) is 40.4 Å². The van der Waals surface area contributed by atoms with Crippen molar-refractivity contribution in [1.82, 2.24) is 0 Å². The van der Waals surface area contributed by atoms with Crippen molar-refractivity contribution in [3.63, 3.8) is 0 Å². The number of ketones is 1. The Morgan fingerprint density at radius 2 is 1.89 bits per heavy atom. The van der Waals surface area contributed by atoms with E-state index in [-0.39, 0.29) is 61.9 Å². The molecule has 0 aromatic carbocycles. The van der Waals surface area contributed by atoms with E-state index in [2.05, 4.69) is 13.8 Å². The van der Waals surface area contributed by atoms with Crippen LogP contribution in [0.25, 0.3) is 0 Å². The number of rotatable bonds is 1. The highest BCUT2D eigenvalue weighted by Crippen LogP contribution is 2.70. The van der Waals surface area contributed by atoms with Gasteiger partial charge in [-0.1, -0.05) is 19.4 Å². The average Bonchev–Trinajstić information content (AvgIpc) is 3.44. The van der Waals surface area contributed by atoms with Gasteiger partial charge in [0.05, 0.1) is 13.2 Å². The second-order valence-electron chi connectivity index (χ2n) is 12.6. The van der Waals surface area contributed by atoms with Crippen molar-refractivity contribution in [3.8, 4) is 0 Å². The molecule has 6 fully saturated rings. The molecular formula is C27H36O10. The zero-order valence-corrected chi connectivity index (χ0v) is 21.6. The molecule has 0 radical (unpaired) electrons. The highest BCUT2D eigenvalue weighted by atomic mass is 16.9. The fourth-order valence-electron chi connectivity index (χ4n) is 9.81. The molecule has 4 unspecified atom stereocenters. The van der Waals surface area contributed by atoms with Crippen molar-refractivity contribution in [2.45, 2.75) is 69.7 Å². The number of esters is 1. The van der Waals surface area contributed by atoms with Crippen LogP contribution in [0, 0.1) is 40.4 Å². The van der Waals surface area contributed by atoms with Crippen LogP contribution in [0.3, 0.4) is 0 Å². The zero-order chi connectivity index (χ0) is 25.8. The van der Waals surface area contributed by atoms with Crippen molar-refractivity contribution < 1.29 is 47.9 Å². The van der Waals surface area contributed by atoms with Gasteiger partial charge in [-0.3, -0.25) is 4.79 Å². The molecule has 7 rings (SSSR count). The van der Waals surface area contributed by atoms with Crippen LogP contribution in [-0.4, -0.2) is 74.7 Å². The van der Waals surface area contributed by atoms with E-state index in [1.54, 1.807) is 6.08 Å². The van der Waals surface area contributed by atoms with E-state index in [4.69, 9.17) is 33.2 Å². The maximum absolute atomic E-state index is 13.3. The molecule has 5 bridgehead atoms. The van der Waals surface area contributed by atoms with E-state index >= 15 is 0 Å². The molecule has 3 saturated heterocycles. The van der Waals surface area contributed by atoms with E-state index in [1.807, 2.05) is 0 Å². The molecule has 3 saturated carbocycles. The fraction of sp³-hybridized carbons (Fsp3) is 0.852. The highest BCUT2D eigenvalue weighted by Gasteiger charge is 2.70. The van der Waals surface area contributed by atoms with Crippen LogP contribution in [0.15, 0.2) is 11.6 Å². The van der Waals surface area contributed by atoms with Crippen molar-refractivity contribution >= 4 is 11.8 Å². The summed E-state index contributed by atoms with van der Waals surface area (Å²) in [6.45, 7) is 4.65. The van der Waals surface area contributed by atoms with Crippen LogP contribution >= 0.6 is 0 Å². The topological polar surface area (TPSA) is 119 Å². The van der Waals surface area contributed by atoms with E-state index < -0.39 is 41.1 Å². The van der Waals surface area contributed by atoms with Crippen LogP contribution in [0.2, 0.25) is 0 Å². The normalized spacial score (nSPS) is 51.8. The number of methoxy groups -OCH3 is 1. The molecule has 1 N–H and O–H groups in total. The maximum Gasteiger partial charge on any atom is 0.335 e. The predicted octanol–water partition coefficient (Wildman–Crippen LogP) is 1.89. The van der Waals surface area contributed by atoms with Gasteiger partial charge in [-0.25, -0.2) is 4.79 Å². The van der Waals surface area contributed by atoms with Crippen molar-refractivity contribution in [1.29, 1.82) is 0 Å². The van der Waals surface area contributed by atoms with Gasteiger partial charge in [0.15, 0.2) is 32.3 Å². The van der Waals surface area contributed by atoms with Crippen LogP contribution in [-0.2, 0) is 42.7 Å². The standard InChI is InChI=1S/C27H36O10/c1-24-8-18(28)21-14-6-15(17-7-20(29)26(36-13-37-26)9-25(17,21)2)22(23(30)31-3)33-12-35-27(10-32-11-34-27)19(24)5-4-16(14)24/h7,14-16,18-19,21-22,28H,4-6,8-13H2,1-3H3/t14?,15-,16?,18+,19+,21-,22?,24+,25+,27?/m1/s1. The molecule has 0 aromatic heterocycles. The van der Waals surface area contributed by atoms with Gasteiger partial charge in [-0.15, -0.1) is 0 Å². The third-order valence-corrected chi connectivity index (χ3v) is 11.2. The molecule has 0 amide bonds. The minimum atomic E-state index is -1.32. The molecule has 4 aliphatic carbocycles. The molecule has 7 aliphatic rings. The van der Waals surface area contributed by atoms with E-state index in [0.717, 1.165) is 18.4 Å². The third kappa shape index (κ3) is 3.12. The van der Waals surface area contributed by atoms with Crippen LogP contribution < -0.4 is 0 Å². The van der Waals surface area contributed by atoms with Crippen molar-refractivity contribution in [3.05, 3.63) is 11.6 Å². The lowest BCUT2D eigenvalue weighted by Crippen LogP contribution is -2.66. The first-order valence-electron chi connectivity index (χ1n) is 13.4. The van der Waals surface area contributed by atoms with Gasteiger partial charge in [0, 0.05) is 23.7 Å². The molecule has 2 spiro atoms. The third-order valence-electron chi connectivity index (χ3n) is 11.2. The largest absolute Gasteiger partial charge is 0.467 e. The Balaban J connectivity index is 1.40. The number of aliphatic hydroxyl groups is 1. The number of carbonyl (C=O) groups excluding carboxylic acids is 2. The summed E-state index contributed by atoms with van der Waals surface area (Å²) in [5.41, 5.74) is -0.0752. The Kier molecular flexibility index (Phi) is 5.37. The van der Waals surface area contributed by atoms with Gasteiger partial charge in [0.2, 0.25) is 11.6 Å². The lowest BCUT2D eigenvalue weighted by atomic mass is 9.43. The lowest BCUT2D eigenvalue weighted by Gasteiger charge is -2.63. The molecule has 37 heavy (non-hydrogen) atoms. The van der Waals surface area contributed by atoms with E-state index in [9.17, 15) is 14.7 Å². The Bertz CT molecular complexity index is 1030. The first kappa shape index (κ1) is 24.6. The Hall–Kier alpha value is -1.40. The number of hydrogen-bond donors (Lipinski definition) is 1. The van der Waals surface area contributed by atoms with Crippen LogP contribution in [0.1, 0.15) is 46.0 Å². The van der Waals surface area contributed by atoms with Gasteiger partial charge >= 0.3 is 5.97 Å². The van der Waals surface area contributed by atoms with E-state index in [1.165, 1.54) is 7.11 Å². The zero-order valence-electron chi connectivity index (χ0n) is 21.6. The van der Waals surface area contributed by atoms with Gasteiger partial charge in [0.25, 0.3) is 0 Å². The first-order valence-corrected chi connectivity index (χ1v) is 13.4. The summed E-state index contributed by atoms with van der Waals surface area (Å²) in [5.74, 6) is -3.27. The molecule has 10 heteroatoms. The molecule has 204 valence electrons. The molecule has 3 aliphatic heterocycles. The second-order valence-corrected chi connectivity index (χ2v) is 12.6. The molecule has 3 heterocycles. The average molecular weight is 521 g/mol. The number of ether oxygens (including phenoxy) is 7. The molecular weight excluding hydrogens is 484 g/mol. The summed E-state index contributed by atoms with van der Waals surface area (Å²) in [5, 5.41) is 11.9. The summed E-state index contributed by atoms with van der Waals surface area (Å²) in [7, 11) is 1.34. The van der Waals surface area contributed by atoms with Crippen molar-refractivity contribution in [2.75, 3.05) is 34.1 Å². The summed E-state index contributed by atoms with van der Waals surface area (Å²) >= 11 is 0. The number of hydrogen-bond acceptors (Lipinski definition) is 10. The Morgan fingerprint density at radius 1 is 1.11 bits per heavy atom. The fourth-order valence-corrected chi connectivity index (χ4v) is 9.81. The quantitative estimate of drug-likeness (QED) is 0.514. The van der Waals surface area contributed by atoms with Gasteiger partial charge in [0.1, 0.15) is 6.61 Å².